The maximum absolute atomic E-state index is 12.7. The lowest BCUT2D eigenvalue weighted by Crippen LogP contribution is -2.40. The average Bonchev–Trinajstić information content (AvgIpc) is 3.51. The molecule has 3 rings (SSSR count). The van der Waals surface area contributed by atoms with Crippen molar-refractivity contribution in [3.8, 4) is 0 Å². The number of piperidine rings is 1. The summed E-state index contributed by atoms with van der Waals surface area (Å²) in [5.41, 5.74) is 0.290. The number of carbonyl (C=O) groups is 3. The van der Waals surface area contributed by atoms with Gasteiger partial charge in [-0.05, 0) is 19.8 Å². The van der Waals surface area contributed by atoms with Gasteiger partial charge in [-0.25, -0.2) is 14.8 Å². The van der Waals surface area contributed by atoms with Crippen molar-refractivity contribution in [1.82, 2.24) is 19.4 Å². The molecule has 0 saturated carbocycles. The van der Waals surface area contributed by atoms with Gasteiger partial charge in [0.25, 0.3) is 5.91 Å². The smallest absolute Gasteiger partial charge is 0.374 e. The van der Waals surface area contributed by atoms with E-state index in [1.807, 2.05) is 0 Å². The van der Waals surface area contributed by atoms with Crippen LogP contribution in [0.1, 0.15) is 51.8 Å². The van der Waals surface area contributed by atoms with E-state index in [9.17, 15) is 14.4 Å². The van der Waals surface area contributed by atoms with Gasteiger partial charge >= 0.3 is 5.97 Å². The molecule has 1 aliphatic heterocycles. The van der Waals surface area contributed by atoms with Crippen molar-refractivity contribution in [1.29, 1.82) is 0 Å². The number of imidazole rings is 1. The molecule has 0 radical (unpaired) electrons. The van der Waals surface area contributed by atoms with Crippen molar-refractivity contribution in [3.63, 3.8) is 0 Å². The molecule has 0 spiro atoms. The monoisotopic (exact) mass is 523 g/mol. The van der Waals surface area contributed by atoms with Crippen LogP contribution in [0.4, 0.5) is 5.82 Å². The van der Waals surface area contributed by atoms with E-state index in [2.05, 4.69) is 15.3 Å². The average molecular weight is 524 g/mol. The van der Waals surface area contributed by atoms with E-state index in [0.717, 1.165) is 17.8 Å². The van der Waals surface area contributed by atoms with E-state index in [4.69, 9.17) is 18.9 Å². The van der Waals surface area contributed by atoms with Gasteiger partial charge in [0.15, 0.2) is 5.82 Å². The number of hydrogen-bond acceptors (Lipinski definition) is 10. The molecule has 2 aromatic rings. The minimum absolute atomic E-state index is 0.0330. The number of esters is 1. The number of aryl methyl sites for hydroxylation is 1. The van der Waals surface area contributed by atoms with E-state index in [0.29, 0.717) is 39.5 Å². The van der Waals surface area contributed by atoms with Gasteiger partial charge in [-0.15, -0.1) is 11.3 Å². The van der Waals surface area contributed by atoms with Crippen molar-refractivity contribution in [2.24, 2.45) is 7.05 Å². The molecule has 13 heteroatoms. The van der Waals surface area contributed by atoms with Crippen molar-refractivity contribution in [2.45, 2.75) is 25.7 Å². The molecule has 36 heavy (non-hydrogen) atoms. The number of aromatic nitrogens is 3. The van der Waals surface area contributed by atoms with E-state index in [1.54, 1.807) is 37.6 Å². The predicted molar refractivity (Wildman–Crippen MR) is 131 cm³/mol. The topological polar surface area (TPSA) is 134 Å². The summed E-state index contributed by atoms with van der Waals surface area (Å²) in [7, 11) is 3.26. The molecule has 1 aliphatic rings. The first-order valence-electron chi connectivity index (χ1n) is 11.8. The number of rotatable bonds is 13. The van der Waals surface area contributed by atoms with Crippen LogP contribution in [-0.2, 0) is 30.8 Å². The fourth-order valence-electron chi connectivity index (χ4n) is 3.66. The molecular weight excluding hydrogens is 490 g/mol. The normalized spacial score (nSPS) is 14.1. The standard InChI is InChI=1S/C23H33N5O7S/c1-4-35-23(31)20-25-18(13-27(20)2)26-21(30)17-15-36-22(24-17)16-5-7-28(8-6-16)19(29)14-34-12-11-33-10-9-32-3/h13,15-16H,4-12,14H2,1-3H3,(H,26,30). The lowest BCUT2D eigenvalue weighted by atomic mass is 9.97. The Hall–Kier alpha value is -2.87. The van der Waals surface area contributed by atoms with Gasteiger partial charge < -0.3 is 33.7 Å². The van der Waals surface area contributed by atoms with Gasteiger partial charge in [-0.3, -0.25) is 9.59 Å². The van der Waals surface area contributed by atoms with Gasteiger partial charge in [-0.2, -0.15) is 0 Å². The first kappa shape index (κ1) is 27.7. The van der Waals surface area contributed by atoms with Gasteiger partial charge in [0.05, 0.1) is 38.0 Å². The van der Waals surface area contributed by atoms with Crippen LogP contribution in [0.25, 0.3) is 0 Å². The van der Waals surface area contributed by atoms with Crippen LogP contribution in [0, 0.1) is 0 Å². The summed E-state index contributed by atoms with van der Waals surface area (Å²) < 4.78 is 22.1. The van der Waals surface area contributed by atoms with Gasteiger partial charge in [0.2, 0.25) is 11.7 Å². The van der Waals surface area contributed by atoms with Crippen LogP contribution in [0.5, 0.6) is 0 Å². The number of hydrogen-bond donors (Lipinski definition) is 1. The third-order valence-electron chi connectivity index (χ3n) is 5.56. The van der Waals surface area contributed by atoms with Crippen LogP contribution >= 0.6 is 11.3 Å². The molecular formula is C23H33N5O7S. The molecule has 198 valence electrons. The van der Waals surface area contributed by atoms with Crippen LogP contribution < -0.4 is 5.32 Å². The molecule has 3 heterocycles. The van der Waals surface area contributed by atoms with Crippen LogP contribution in [0.15, 0.2) is 11.6 Å². The van der Waals surface area contributed by atoms with Crippen molar-refractivity contribution in [3.05, 3.63) is 28.1 Å². The Morgan fingerprint density at radius 2 is 1.83 bits per heavy atom. The van der Waals surface area contributed by atoms with Crippen molar-refractivity contribution in [2.75, 3.05) is 65.2 Å². The Morgan fingerprint density at radius 3 is 2.56 bits per heavy atom. The summed E-state index contributed by atoms with van der Waals surface area (Å²) in [5, 5.41) is 5.25. The zero-order valence-corrected chi connectivity index (χ0v) is 21.7. The number of amides is 2. The molecule has 0 bridgehead atoms. The van der Waals surface area contributed by atoms with Crippen molar-refractivity contribution >= 4 is 34.9 Å². The number of ether oxygens (including phenoxy) is 4. The summed E-state index contributed by atoms with van der Waals surface area (Å²) in [6, 6.07) is 0. The second kappa shape index (κ2) is 14.0. The summed E-state index contributed by atoms with van der Waals surface area (Å²) >= 11 is 1.43. The highest BCUT2D eigenvalue weighted by molar-refractivity contribution is 7.10. The molecule has 0 aliphatic carbocycles. The Kier molecular flexibility index (Phi) is 10.8. The zero-order valence-electron chi connectivity index (χ0n) is 20.9. The number of anilines is 1. The van der Waals surface area contributed by atoms with Gasteiger partial charge in [0, 0.05) is 44.7 Å². The Labute approximate surface area is 213 Å². The van der Waals surface area contributed by atoms with E-state index in [-0.39, 0.29) is 42.4 Å². The lowest BCUT2D eigenvalue weighted by Gasteiger charge is -2.31. The summed E-state index contributed by atoms with van der Waals surface area (Å²) in [5.74, 6) is -0.464. The number of thiazole rings is 1. The molecule has 12 nitrogen and oxygen atoms in total. The third-order valence-corrected chi connectivity index (χ3v) is 6.56. The minimum Gasteiger partial charge on any atom is -0.460 e. The molecule has 0 unspecified atom stereocenters. The first-order chi connectivity index (χ1) is 17.4. The second-order valence-electron chi connectivity index (χ2n) is 8.12. The highest BCUT2D eigenvalue weighted by Gasteiger charge is 2.26. The maximum Gasteiger partial charge on any atom is 0.374 e. The maximum atomic E-state index is 12.7. The number of carbonyl (C=O) groups excluding carboxylic acids is 3. The van der Waals surface area contributed by atoms with Crippen molar-refractivity contribution < 1.29 is 33.3 Å². The quantitative estimate of drug-likeness (QED) is 0.307. The summed E-state index contributed by atoms with van der Waals surface area (Å²) in [6.45, 7) is 5.02. The van der Waals surface area contributed by atoms with Gasteiger partial charge in [0.1, 0.15) is 12.3 Å². The van der Waals surface area contributed by atoms with E-state index >= 15 is 0 Å². The Morgan fingerprint density at radius 1 is 1.11 bits per heavy atom. The van der Waals surface area contributed by atoms with E-state index in [1.165, 1.54) is 15.9 Å². The van der Waals surface area contributed by atoms with Gasteiger partial charge in [-0.1, -0.05) is 0 Å². The number of likely N-dealkylation sites (tertiary alicyclic amines) is 1. The summed E-state index contributed by atoms with van der Waals surface area (Å²) in [6.07, 6.45) is 3.08. The SMILES string of the molecule is CCOC(=O)c1nc(NC(=O)c2csc(C3CCN(C(=O)COCCOCCOC)CC3)n2)cn1C. The Balaban J connectivity index is 1.43. The minimum atomic E-state index is -0.556. The van der Waals surface area contributed by atoms with Crippen LogP contribution in [-0.4, -0.2) is 97.1 Å². The second-order valence-corrected chi connectivity index (χ2v) is 9.01. The first-order valence-corrected chi connectivity index (χ1v) is 12.7. The summed E-state index contributed by atoms with van der Waals surface area (Å²) in [4.78, 5) is 47.4. The van der Waals surface area contributed by atoms with E-state index < -0.39 is 11.9 Å². The highest BCUT2D eigenvalue weighted by Crippen LogP contribution is 2.30. The zero-order chi connectivity index (χ0) is 25.9. The fourth-order valence-corrected chi connectivity index (χ4v) is 4.63. The predicted octanol–water partition coefficient (Wildman–Crippen LogP) is 1.69. The van der Waals surface area contributed by atoms with Crippen LogP contribution in [0.2, 0.25) is 0 Å². The Bertz CT molecular complexity index is 1020. The molecule has 1 N–H and O–H groups in total. The number of methoxy groups -OCH3 is 1. The number of nitrogens with one attached hydrogen (secondary N) is 1. The largest absolute Gasteiger partial charge is 0.460 e. The van der Waals surface area contributed by atoms with Crippen LogP contribution in [0.3, 0.4) is 0 Å². The lowest BCUT2D eigenvalue weighted by molar-refractivity contribution is -0.137. The molecule has 0 atom stereocenters. The molecule has 0 aromatic carbocycles. The highest BCUT2D eigenvalue weighted by atomic mass is 32.1. The molecule has 1 fully saturated rings. The molecule has 2 amide bonds. The third kappa shape index (κ3) is 7.82. The molecule has 2 aromatic heterocycles. The molecule has 1 saturated heterocycles. The fraction of sp³-hybridized carbons (Fsp3) is 0.609. The number of nitrogens with zero attached hydrogens (tertiary/aromatic N) is 4.